The van der Waals surface area contributed by atoms with E-state index < -0.39 is 0 Å². The summed E-state index contributed by atoms with van der Waals surface area (Å²) in [5.74, 6) is 0.208. The molecule has 0 aliphatic rings. The second-order valence-electron chi connectivity index (χ2n) is 4.77. The lowest BCUT2D eigenvalue weighted by Gasteiger charge is -2.28. The molecular formula is C16H23NO4. The Balaban J connectivity index is 2.56. The highest BCUT2D eigenvalue weighted by Gasteiger charge is 2.20. The number of ether oxygens (including phenoxy) is 2. The fourth-order valence-electron chi connectivity index (χ4n) is 1.87. The third-order valence-corrected chi connectivity index (χ3v) is 3.33. The number of carbonyl (C=O) groups excluding carboxylic acids is 2. The normalized spacial score (nSPS) is 11.6. The van der Waals surface area contributed by atoms with Gasteiger partial charge in [0.1, 0.15) is 5.75 Å². The predicted octanol–water partition coefficient (Wildman–Crippen LogP) is 2.26. The number of rotatable bonds is 8. The maximum Gasteiger partial charge on any atom is 0.307 e. The van der Waals surface area contributed by atoms with E-state index in [2.05, 4.69) is 4.74 Å². The Morgan fingerprint density at radius 3 is 2.48 bits per heavy atom. The molecule has 0 fully saturated rings. The Hall–Kier alpha value is -2.04. The Kier molecular flexibility index (Phi) is 7.29. The van der Waals surface area contributed by atoms with Crippen LogP contribution in [0.3, 0.4) is 0 Å². The molecule has 21 heavy (non-hydrogen) atoms. The molecule has 0 spiro atoms. The van der Waals surface area contributed by atoms with Crippen molar-refractivity contribution in [3.8, 4) is 5.75 Å². The van der Waals surface area contributed by atoms with Gasteiger partial charge in [-0.25, -0.2) is 0 Å². The first-order chi connectivity index (χ1) is 10.1. The van der Waals surface area contributed by atoms with Crippen LogP contribution >= 0.6 is 0 Å². The number of amides is 1. The topological polar surface area (TPSA) is 55.8 Å². The number of carbonyl (C=O) groups is 2. The van der Waals surface area contributed by atoms with Crippen LogP contribution in [0.5, 0.6) is 5.75 Å². The van der Waals surface area contributed by atoms with Crippen LogP contribution in [-0.4, -0.2) is 43.1 Å². The lowest BCUT2D eigenvalue weighted by molar-refractivity contribution is -0.142. The van der Waals surface area contributed by atoms with Crippen LogP contribution in [0.4, 0.5) is 0 Å². The zero-order chi connectivity index (χ0) is 15.7. The van der Waals surface area contributed by atoms with E-state index in [1.165, 1.54) is 7.11 Å². The van der Waals surface area contributed by atoms with Gasteiger partial charge in [-0.2, -0.15) is 0 Å². The molecule has 1 rings (SSSR count). The zero-order valence-corrected chi connectivity index (χ0v) is 12.9. The fraction of sp³-hybridized carbons (Fsp3) is 0.500. The first kappa shape index (κ1) is 17.0. The lowest BCUT2D eigenvalue weighted by Crippen LogP contribution is -2.42. The molecule has 0 aromatic heterocycles. The third-order valence-electron chi connectivity index (χ3n) is 3.33. The van der Waals surface area contributed by atoms with Crippen molar-refractivity contribution in [2.75, 3.05) is 20.3 Å². The van der Waals surface area contributed by atoms with Gasteiger partial charge in [0, 0.05) is 12.6 Å². The minimum atomic E-state index is -0.319. The molecule has 5 heteroatoms. The number of para-hydroxylation sites is 1. The number of hydrogen-bond acceptors (Lipinski definition) is 4. The van der Waals surface area contributed by atoms with E-state index in [0.29, 0.717) is 12.3 Å². The van der Waals surface area contributed by atoms with Crippen molar-refractivity contribution in [3.63, 3.8) is 0 Å². The predicted molar refractivity (Wildman–Crippen MR) is 80.0 cm³/mol. The highest BCUT2D eigenvalue weighted by atomic mass is 16.5. The van der Waals surface area contributed by atoms with Gasteiger partial charge in [-0.05, 0) is 25.5 Å². The maximum absolute atomic E-state index is 12.3. The van der Waals surface area contributed by atoms with Gasteiger partial charge < -0.3 is 14.4 Å². The van der Waals surface area contributed by atoms with Crippen LogP contribution in [0.1, 0.15) is 26.7 Å². The first-order valence-corrected chi connectivity index (χ1v) is 7.12. The molecule has 1 aromatic carbocycles. The molecule has 1 atom stereocenters. The van der Waals surface area contributed by atoms with Gasteiger partial charge in [-0.3, -0.25) is 9.59 Å². The Labute approximate surface area is 125 Å². The zero-order valence-electron chi connectivity index (χ0n) is 12.9. The molecule has 0 N–H and O–H groups in total. The lowest BCUT2D eigenvalue weighted by atomic mass is 10.2. The molecule has 1 amide bonds. The summed E-state index contributed by atoms with van der Waals surface area (Å²) >= 11 is 0. The summed E-state index contributed by atoms with van der Waals surface area (Å²) in [7, 11) is 1.34. The summed E-state index contributed by atoms with van der Waals surface area (Å²) in [6.07, 6.45) is 1.01. The summed E-state index contributed by atoms with van der Waals surface area (Å²) in [5, 5.41) is 0. The van der Waals surface area contributed by atoms with E-state index in [4.69, 9.17) is 4.74 Å². The fourth-order valence-corrected chi connectivity index (χ4v) is 1.87. The van der Waals surface area contributed by atoms with Crippen molar-refractivity contribution >= 4 is 11.9 Å². The summed E-state index contributed by atoms with van der Waals surface area (Å²) in [6.45, 7) is 4.27. The van der Waals surface area contributed by atoms with E-state index in [1.807, 2.05) is 32.0 Å². The van der Waals surface area contributed by atoms with Crippen molar-refractivity contribution in [1.29, 1.82) is 0 Å². The molecule has 0 bridgehead atoms. The Morgan fingerprint density at radius 2 is 1.90 bits per heavy atom. The number of hydrogen-bond donors (Lipinski definition) is 0. The molecule has 0 radical (unpaired) electrons. The summed E-state index contributed by atoms with van der Waals surface area (Å²) in [6, 6.07) is 9.25. The van der Waals surface area contributed by atoms with Crippen molar-refractivity contribution in [2.24, 2.45) is 0 Å². The van der Waals surface area contributed by atoms with Crippen molar-refractivity contribution in [1.82, 2.24) is 4.90 Å². The van der Waals surface area contributed by atoms with Gasteiger partial charge in [0.2, 0.25) is 0 Å². The van der Waals surface area contributed by atoms with Crippen LogP contribution in [0, 0.1) is 0 Å². The van der Waals surface area contributed by atoms with Gasteiger partial charge in [-0.1, -0.05) is 25.1 Å². The average Bonchev–Trinajstić information content (AvgIpc) is 2.53. The summed E-state index contributed by atoms with van der Waals surface area (Å²) in [5.41, 5.74) is 0. The summed E-state index contributed by atoms with van der Waals surface area (Å²) < 4.78 is 10.1. The minimum absolute atomic E-state index is 0.0322. The van der Waals surface area contributed by atoms with Crippen LogP contribution in [0.25, 0.3) is 0 Å². The molecule has 0 saturated heterocycles. The highest BCUT2D eigenvalue weighted by molar-refractivity contribution is 5.79. The smallest absolute Gasteiger partial charge is 0.307 e. The molecule has 0 heterocycles. The molecule has 0 aliphatic heterocycles. The van der Waals surface area contributed by atoms with Crippen molar-refractivity contribution < 1.29 is 19.1 Å². The van der Waals surface area contributed by atoms with E-state index in [9.17, 15) is 9.59 Å². The highest BCUT2D eigenvalue weighted by Crippen LogP contribution is 2.10. The quantitative estimate of drug-likeness (QED) is 0.690. The molecule has 116 valence electrons. The standard InChI is InChI=1S/C16H23NO4/c1-4-13(2)17(11-10-16(19)20-3)15(18)12-21-14-8-6-5-7-9-14/h5-9,13H,4,10-12H2,1-3H3. The van der Waals surface area contributed by atoms with Gasteiger partial charge in [0.15, 0.2) is 6.61 Å². The van der Waals surface area contributed by atoms with E-state index in [1.54, 1.807) is 17.0 Å². The second kappa shape index (κ2) is 9.00. The molecule has 0 aliphatic carbocycles. The van der Waals surface area contributed by atoms with Crippen LogP contribution in [-0.2, 0) is 14.3 Å². The van der Waals surface area contributed by atoms with Gasteiger partial charge in [0.05, 0.1) is 13.5 Å². The Morgan fingerprint density at radius 1 is 1.24 bits per heavy atom. The van der Waals surface area contributed by atoms with Crippen LogP contribution in [0.2, 0.25) is 0 Å². The van der Waals surface area contributed by atoms with E-state index in [0.717, 1.165) is 6.42 Å². The van der Waals surface area contributed by atoms with E-state index >= 15 is 0 Å². The number of esters is 1. The third kappa shape index (κ3) is 5.85. The Bertz CT molecular complexity index is 447. The number of nitrogens with zero attached hydrogens (tertiary/aromatic N) is 1. The SMILES string of the molecule is CCC(C)N(CCC(=O)OC)C(=O)COc1ccccc1. The molecule has 5 nitrogen and oxygen atoms in total. The van der Waals surface area contributed by atoms with Crippen LogP contribution in [0.15, 0.2) is 30.3 Å². The molecule has 1 unspecified atom stereocenters. The van der Waals surface area contributed by atoms with Gasteiger partial charge >= 0.3 is 5.97 Å². The number of benzene rings is 1. The minimum Gasteiger partial charge on any atom is -0.484 e. The largest absolute Gasteiger partial charge is 0.484 e. The van der Waals surface area contributed by atoms with E-state index in [-0.39, 0.29) is 30.9 Å². The number of methoxy groups -OCH3 is 1. The maximum atomic E-state index is 12.3. The molecular weight excluding hydrogens is 270 g/mol. The van der Waals surface area contributed by atoms with Gasteiger partial charge in [-0.15, -0.1) is 0 Å². The van der Waals surface area contributed by atoms with Crippen molar-refractivity contribution in [3.05, 3.63) is 30.3 Å². The van der Waals surface area contributed by atoms with Crippen molar-refractivity contribution in [2.45, 2.75) is 32.7 Å². The molecule has 0 saturated carbocycles. The molecule has 1 aromatic rings. The first-order valence-electron chi connectivity index (χ1n) is 7.12. The monoisotopic (exact) mass is 293 g/mol. The van der Waals surface area contributed by atoms with Gasteiger partial charge in [0.25, 0.3) is 5.91 Å². The summed E-state index contributed by atoms with van der Waals surface area (Å²) in [4.78, 5) is 25.2. The van der Waals surface area contributed by atoms with Crippen LogP contribution < -0.4 is 4.74 Å². The average molecular weight is 293 g/mol. The second-order valence-corrected chi connectivity index (χ2v) is 4.77.